The molecule has 3 atom stereocenters. The van der Waals surface area contributed by atoms with Gasteiger partial charge >= 0.3 is 7.82 Å². The number of benzene rings is 2. The molecule has 148 valence electrons. The van der Waals surface area contributed by atoms with Gasteiger partial charge in [-0.2, -0.15) is 0 Å². The van der Waals surface area contributed by atoms with Crippen LogP contribution in [0.5, 0.6) is 5.75 Å². The minimum Gasteiger partial charge on any atom is -0.404 e. The predicted octanol–water partition coefficient (Wildman–Crippen LogP) is 4.02. The molecule has 0 spiro atoms. The third-order valence-electron chi connectivity index (χ3n) is 4.97. The highest BCUT2D eigenvalue weighted by molar-refractivity contribution is 7.49. The van der Waals surface area contributed by atoms with Gasteiger partial charge in [-0.25, -0.2) is 4.57 Å². The first kappa shape index (κ1) is 19.1. The minimum absolute atomic E-state index is 0.0676. The van der Waals surface area contributed by atoms with Crippen molar-refractivity contribution in [3.05, 3.63) is 70.3 Å². The first-order valence-electron chi connectivity index (χ1n) is 9.14. The smallest absolute Gasteiger partial charge is 0.404 e. The molecule has 4 rings (SSSR count). The van der Waals surface area contributed by atoms with Crippen LogP contribution in [0.2, 0.25) is 0 Å². The molecule has 2 aromatic carbocycles. The van der Waals surface area contributed by atoms with E-state index in [1.54, 1.807) is 0 Å². The number of piperidine rings is 1. The number of phosphoric acid groups is 1. The molecule has 2 saturated heterocycles. The Hall–Kier alpha value is -2.25. The number of nitro benzene ring substituents is 1. The van der Waals surface area contributed by atoms with Gasteiger partial charge in [0.1, 0.15) is 5.75 Å². The van der Waals surface area contributed by atoms with Crippen LogP contribution in [0.25, 0.3) is 0 Å². The Bertz CT molecular complexity index is 876. The zero-order chi connectivity index (χ0) is 19.6. The maximum absolute atomic E-state index is 12.8. The largest absolute Gasteiger partial charge is 0.530 e. The molecular formula is C19H21N2O6P. The van der Waals surface area contributed by atoms with Crippen LogP contribution in [0.1, 0.15) is 12.0 Å². The number of nitrogens with zero attached hydrogens (tertiary/aromatic N) is 2. The van der Waals surface area contributed by atoms with Crippen molar-refractivity contribution in [2.24, 2.45) is 5.92 Å². The van der Waals surface area contributed by atoms with Gasteiger partial charge in [-0.15, -0.1) is 0 Å². The highest BCUT2D eigenvalue weighted by Crippen LogP contribution is 2.55. The summed E-state index contributed by atoms with van der Waals surface area (Å²) in [6, 6.07) is 15.6. The molecule has 2 aromatic rings. The Morgan fingerprint density at radius 3 is 2.64 bits per heavy atom. The molecule has 8 nitrogen and oxygen atoms in total. The molecular weight excluding hydrogens is 383 g/mol. The van der Waals surface area contributed by atoms with Gasteiger partial charge in [0.05, 0.1) is 17.6 Å². The predicted molar refractivity (Wildman–Crippen MR) is 102 cm³/mol. The fourth-order valence-corrected chi connectivity index (χ4v) is 5.08. The number of nitro groups is 1. The van der Waals surface area contributed by atoms with Gasteiger partial charge in [-0.1, -0.05) is 30.3 Å². The van der Waals surface area contributed by atoms with Gasteiger partial charge in [-0.3, -0.25) is 24.1 Å². The Kier molecular flexibility index (Phi) is 5.46. The van der Waals surface area contributed by atoms with Gasteiger partial charge in [-0.05, 0) is 24.1 Å². The number of non-ortho nitro benzene ring substituents is 1. The Morgan fingerprint density at radius 2 is 1.93 bits per heavy atom. The van der Waals surface area contributed by atoms with Crippen LogP contribution in [0.4, 0.5) is 5.69 Å². The molecule has 0 N–H and O–H groups in total. The van der Waals surface area contributed by atoms with Gasteiger partial charge in [0, 0.05) is 37.7 Å². The lowest BCUT2D eigenvalue weighted by Crippen LogP contribution is -2.47. The third kappa shape index (κ3) is 4.42. The summed E-state index contributed by atoms with van der Waals surface area (Å²) in [5, 5.41) is 10.7. The zero-order valence-corrected chi connectivity index (χ0v) is 16.1. The standard InChI is InChI=1S/C19H21N2O6P/c22-21(23)17-6-8-18(9-7-17)26-28(24)25-14-16-13-20(11-10-19(16)27-28)12-15-4-2-1-3-5-15/h1-9,16,19H,10-14H2/t16-,19-,28?/m0/s1. The summed E-state index contributed by atoms with van der Waals surface area (Å²) in [5.74, 6) is 0.342. The summed E-state index contributed by atoms with van der Waals surface area (Å²) in [6.07, 6.45) is 0.554. The number of hydrogen-bond acceptors (Lipinski definition) is 7. The van der Waals surface area contributed by atoms with Crippen molar-refractivity contribution in [3.63, 3.8) is 0 Å². The van der Waals surface area contributed by atoms with Crippen molar-refractivity contribution in [2.75, 3.05) is 19.7 Å². The van der Waals surface area contributed by atoms with E-state index in [9.17, 15) is 14.7 Å². The SMILES string of the molecule is O=[N+]([O-])c1ccc(OP2(=O)OC[C@@H]3CN(Cc4ccccc4)CC[C@@H]3O2)cc1. The molecule has 1 unspecified atom stereocenters. The van der Waals surface area contributed by atoms with E-state index in [0.29, 0.717) is 6.61 Å². The fraction of sp³-hybridized carbons (Fsp3) is 0.368. The molecule has 2 heterocycles. The number of likely N-dealkylation sites (tertiary alicyclic amines) is 1. The van der Waals surface area contributed by atoms with E-state index in [1.807, 2.05) is 18.2 Å². The van der Waals surface area contributed by atoms with E-state index in [-0.39, 0.29) is 23.5 Å². The highest BCUT2D eigenvalue weighted by Gasteiger charge is 2.44. The van der Waals surface area contributed by atoms with Crippen LogP contribution in [-0.4, -0.2) is 35.6 Å². The van der Waals surface area contributed by atoms with Crippen LogP contribution in [0, 0.1) is 16.0 Å². The summed E-state index contributed by atoms with van der Waals surface area (Å²) in [6.45, 7) is 2.80. The van der Waals surface area contributed by atoms with Crippen LogP contribution in [-0.2, 0) is 20.2 Å². The van der Waals surface area contributed by atoms with Gasteiger partial charge < -0.3 is 4.52 Å². The Labute approximate surface area is 162 Å². The van der Waals surface area contributed by atoms with Crippen LogP contribution >= 0.6 is 7.82 Å². The molecule has 2 aliphatic heterocycles. The maximum atomic E-state index is 12.8. The van der Waals surface area contributed by atoms with E-state index < -0.39 is 12.7 Å². The Balaban J connectivity index is 1.35. The average molecular weight is 404 g/mol. The second kappa shape index (κ2) is 8.01. The van der Waals surface area contributed by atoms with E-state index >= 15 is 0 Å². The average Bonchev–Trinajstić information content (AvgIpc) is 2.69. The summed E-state index contributed by atoms with van der Waals surface area (Å²) >= 11 is 0. The highest BCUT2D eigenvalue weighted by atomic mass is 31.2. The number of fused-ring (bicyclic) bond motifs is 1. The van der Waals surface area contributed by atoms with Crippen molar-refractivity contribution in [1.82, 2.24) is 4.90 Å². The molecule has 0 radical (unpaired) electrons. The van der Waals surface area contributed by atoms with E-state index in [2.05, 4.69) is 17.0 Å². The van der Waals surface area contributed by atoms with Crippen LogP contribution in [0.15, 0.2) is 54.6 Å². The monoisotopic (exact) mass is 404 g/mol. The quantitative estimate of drug-likeness (QED) is 0.422. The van der Waals surface area contributed by atoms with Gasteiger partial charge in [0.25, 0.3) is 5.69 Å². The maximum Gasteiger partial charge on any atom is 0.530 e. The molecule has 9 heteroatoms. The lowest BCUT2D eigenvalue weighted by molar-refractivity contribution is -0.384. The molecule has 0 amide bonds. The first-order valence-corrected chi connectivity index (χ1v) is 10.6. The summed E-state index contributed by atoms with van der Waals surface area (Å²) in [7, 11) is -3.74. The summed E-state index contributed by atoms with van der Waals surface area (Å²) < 4.78 is 29.4. The van der Waals surface area contributed by atoms with Crippen LogP contribution < -0.4 is 4.52 Å². The van der Waals surface area contributed by atoms with Gasteiger partial charge in [0.2, 0.25) is 0 Å². The number of rotatable bonds is 5. The number of phosphoric ester groups is 1. The van der Waals surface area contributed by atoms with Crippen LogP contribution in [0.3, 0.4) is 0 Å². The Morgan fingerprint density at radius 1 is 1.18 bits per heavy atom. The van der Waals surface area contributed by atoms with E-state index in [1.165, 1.54) is 29.8 Å². The first-order chi connectivity index (χ1) is 13.5. The summed E-state index contributed by atoms with van der Waals surface area (Å²) in [5.41, 5.74) is 1.19. The van der Waals surface area contributed by atoms with E-state index in [0.717, 1.165) is 26.1 Å². The van der Waals surface area contributed by atoms with E-state index in [4.69, 9.17) is 13.6 Å². The second-order valence-corrected chi connectivity index (χ2v) is 8.54. The zero-order valence-electron chi connectivity index (χ0n) is 15.2. The molecule has 2 fully saturated rings. The molecule has 0 aliphatic carbocycles. The molecule has 2 aliphatic rings. The van der Waals surface area contributed by atoms with Crippen molar-refractivity contribution in [2.45, 2.75) is 19.1 Å². The minimum atomic E-state index is -3.74. The van der Waals surface area contributed by atoms with Crippen molar-refractivity contribution >= 4 is 13.5 Å². The topological polar surface area (TPSA) is 91.1 Å². The molecule has 28 heavy (non-hydrogen) atoms. The normalized spacial score (nSPS) is 27.7. The van der Waals surface area contributed by atoms with Crippen molar-refractivity contribution in [3.8, 4) is 5.75 Å². The van der Waals surface area contributed by atoms with Gasteiger partial charge in [0.15, 0.2) is 0 Å². The summed E-state index contributed by atoms with van der Waals surface area (Å²) in [4.78, 5) is 12.6. The molecule has 0 bridgehead atoms. The second-order valence-electron chi connectivity index (χ2n) is 7.00. The lowest BCUT2D eigenvalue weighted by atomic mass is 9.95. The molecule has 0 aromatic heterocycles. The molecule has 0 saturated carbocycles. The number of hydrogen-bond donors (Lipinski definition) is 0. The lowest BCUT2D eigenvalue weighted by Gasteiger charge is -2.42. The third-order valence-corrected chi connectivity index (χ3v) is 6.40. The van der Waals surface area contributed by atoms with Crippen molar-refractivity contribution in [1.29, 1.82) is 0 Å². The fourth-order valence-electron chi connectivity index (χ4n) is 3.56. The van der Waals surface area contributed by atoms with Crippen molar-refractivity contribution < 1.29 is 23.1 Å².